The van der Waals surface area contributed by atoms with Crippen molar-refractivity contribution < 1.29 is 26.4 Å². The van der Waals surface area contributed by atoms with Gasteiger partial charge >= 0.3 is 6.18 Å². The van der Waals surface area contributed by atoms with E-state index in [1.54, 1.807) is 42.9 Å². The maximum atomic E-state index is 13.2. The van der Waals surface area contributed by atoms with Crippen LogP contribution in [0.15, 0.2) is 96.4 Å². The lowest BCUT2D eigenvalue weighted by Gasteiger charge is -2.21. The number of alkyl halides is 3. The van der Waals surface area contributed by atoms with Gasteiger partial charge in [0.2, 0.25) is 15.9 Å². The molecule has 208 valence electrons. The van der Waals surface area contributed by atoms with Crippen LogP contribution in [0.3, 0.4) is 0 Å². The minimum absolute atomic E-state index is 0.221. The summed E-state index contributed by atoms with van der Waals surface area (Å²) in [4.78, 5) is 16.7. The van der Waals surface area contributed by atoms with Crippen LogP contribution < -0.4 is 10.0 Å². The van der Waals surface area contributed by atoms with Crippen LogP contribution in [0.4, 0.5) is 13.2 Å². The van der Waals surface area contributed by atoms with Crippen molar-refractivity contribution in [1.82, 2.24) is 19.6 Å². The van der Waals surface area contributed by atoms with Gasteiger partial charge in [0.05, 0.1) is 28.9 Å². The van der Waals surface area contributed by atoms with Gasteiger partial charge in [0.25, 0.3) is 0 Å². The normalized spacial score (nSPS) is 15.9. The number of imidazole rings is 1. The summed E-state index contributed by atoms with van der Waals surface area (Å²) in [5.74, 6) is -0.374. The topological polar surface area (TPSA) is 93.1 Å². The number of rotatable bonds is 9. The predicted octanol–water partition coefficient (Wildman–Crippen LogP) is 5.16. The van der Waals surface area contributed by atoms with Crippen LogP contribution in [0.5, 0.6) is 0 Å². The highest BCUT2D eigenvalue weighted by molar-refractivity contribution is 7.89. The summed E-state index contributed by atoms with van der Waals surface area (Å²) in [7, 11) is -4.37. The standard InChI is InChI=1S/C29H27F3N4O3S/c30-29(31,32)23-7-4-8-24(16-23)40(38,39)35-27(21-5-2-1-3-6-21)17-28(37)34-26-12-10-22-15-20(9-11-25(22)26)18-36-14-13-33-19-36/h1-9,11,13-16,19,26-27,35H,10,12,17-18H2,(H,34,37)/t26-,27-/m1/s1. The van der Waals surface area contributed by atoms with E-state index in [4.69, 9.17) is 0 Å². The number of carbonyl (C=O) groups is 1. The molecule has 0 spiro atoms. The number of nitrogens with zero attached hydrogens (tertiary/aromatic N) is 2. The molecule has 0 unspecified atom stereocenters. The number of aryl methyl sites for hydroxylation is 1. The quantitative estimate of drug-likeness (QED) is 0.292. The van der Waals surface area contributed by atoms with E-state index >= 15 is 0 Å². The van der Waals surface area contributed by atoms with Gasteiger partial charge in [-0.25, -0.2) is 18.1 Å². The first-order valence-corrected chi connectivity index (χ1v) is 14.2. The Morgan fingerprint density at radius 1 is 1.05 bits per heavy atom. The van der Waals surface area contributed by atoms with Gasteiger partial charge in [-0.3, -0.25) is 4.79 Å². The van der Waals surface area contributed by atoms with E-state index < -0.39 is 32.7 Å². The lowest BCUT2D eigenvalue weighted by molar-refractivity contribution is -0.137. The molecule has 0 aliphatic heterocycles. The Bertz CT molecular complexity index is 1590. The minimum atomic E-state index is -4.69. The van der Waals surface area contributed by atoms with Gasteiger partial charge in [-0.2, -0.15) is 13.2 Å². The molecule has 1 aliphatic carbocycles. The van der Waals surface area contributed by atoms with Crippen molar-refractivity contribution in [3.8, 4) is 0 Å². The molecule has 0 fully saturated rings. The Kier molecular flexibility index (Phi) is 7.77. The number of fused-ring (bicyclic) bond motifs is 1. The first kappa shape index (κ1) is 27.6. The summed E-state index contributed by atoms with van der Waals surface area (Å²) in [6, 6.07) is 16.9. The van der Waals surface area contributed by atoms with Crippen molar-refractivity contribution in [2.24, 2.45) is 0 Å². The summed E-state index contributed by atoms with van der Waals surface area (Å²) < 4.78 is 70.2. The number of halogens is 3. The first-order valence-electron chi connectivity index (χ1n) is 12.7. The molecule has 1 heterocycles. The van der Waals surface area contributed by atoms with Gasteiger partial charge < -0.3 is 9.88 Å². The highest BCUT2D eigenvalue weighted by Crippen LogP contribution is 2.33. The van der Waals surface area contributed by atoms with E-state index in [1.165, 1.54) is 0 Å². The van der Waals surface area contributed by atoms with Crippen LogP contribution in [0.1, 0.15) is 52.7 Å². The predicted molar refractivity (Wildman–Crippen MR) is 143 cm³/mol. The van der Waals surface area contributed by atoms with Crippen molar-refractivity contribution in [3.05, 3.63) is 119 Å². The molecular formula is C29H27F3N4O3S. The van der Waals surface area contributed by atoms with E-state index in [9.17, 15) is 26.4 Å². The fourth-order valence-electron chi connectivity index (χ4n) is 4.96. The Morgan fingerprint density at radius 2 is 1.85 bits per heavy atom. The van der Waals surface area contributed by atoms with E-state index in [0.717, 1.165) is 41.3 Å². The van der Waals surface area contributed by atoms with E-state index in [1.807, 2.05) is 22.9 Å². The van der Waals surface area contributed by atoms with Crippen LogP contribution in [0, 0.1) is 0 Å². The monoisotopic (exact) mass is 568 g/mol. The Balaban J connectivity index is 1.31. The van der Waals surface area contributed by atoms with Crippen molar-refractivity contribution in [3.63, 3.8) is 0 Å². The molecule has 1 aromatic heterocycles. The lowest BCUT2D eigenvalue weighted by atomic mass is 10.0. The molecule has 1 aliphatic rings. The number of sulfonamides is 1. The zero-order chi connectivity index (χ0) is 28.3. The third kappa shape index (κ3) is 6.43. The van der Waals surface area contributed by atoms with Gasteiger partial charge in [-0.05, 0) is 53.3 Å². The van der Waals surface area contributed by atoms with Crippen LogP contribution in [0.2, 0.25) is 0 Å². The Hall–Kier alpha value is -3.96. The molecule has 5 rings (SSSR count). The lowest BCUT2D eigenvalue weighted by Crippen LogP contribution is -2.35. The Morgan fingerprint density at radius 3 is 2.58 bits per heavy atom. The molecule has 3 aromatic carbocycles. The average molecular weight is 569 g/mol. The zero-order valence-electron chi connectivity index (χ0n) is 21.3. The van der Waals surface area contributed by atoms with Gasteiger partial charge in [0.1, 0.15) is 0 Å². The fraction of sp³-hybridized carbons (Fsp3) is 0.241. The molecule has 0 saturated carbocycles. The molecule has 0 radical (unpaired) electrons. The molecule has 7 nitrogen and oxygen atoms in total. The SMILES string of the molecule is O=C(C[C@@H](NS(=O)(=O)c1cccc(C(F)(F)F)c1)c1ccccc1)N[C@@H]1CCc2cc(Cn3ccnc3)ccc21. The maximum Gasteiger partial charge on any atom is 0.416 e. The highest BCUT2D eigenvalue weighted by atomic mass is 32.2. The van der Waals surface area contributed by atoms with Crippen molar-refractivity contribution in [1.29, 1.82) is 0 Å². The highest BCUT2D eigenvalue weighted by Gasteiger charge is 2.33. The third-order valence-corrected chi connectivity index (χ3v) is 8.37. The molecule has 4 aromatic rings. The third-order valence-electron chi connectivity index (χ3n) is 6.91. The largest absolute Gasteiger partial charge is 0.416 e. The van der Waals surface area contributed by atoms with E-state index in [0.29, 0.717) is 24.6 Å². The molecule has 1 amide bonds. The second-order valence-electron chi connectivity index (χ2n) is 9.74. The molecular weight excluding hydrogens is 541 g/mol. The van der Waals surface area contributed by atoms with Crippen LogP contribution in [-0.4, -0.2) is 23.9 Å². The zero-order valence-corrected chi connectivity index (χ0v) is 22.1. The van der Waals surface area contributed by atoms with Crippen LogP contribution >= 0.6 is 0 Å². The molecule has 2 N–H and O–H groups in total. The van der Waals surface area contributed by atoms with E-state index in [-0.39, 0.29) is 18.4 Å². The van der Waals surface area contributed by atoms with Crippen LogP contribution in [0.25, 0.3) is 0 Å². The summed E-state index contributed by atoms with van der Waals surface area (Å²) in [5.41, 5.74) is 2.73. The molecule has 0 bridgehead atoms. The fourth-order valence-corrected chi connectivity index (χ4v) is 6.23. The second-order valence-corrected chi connectivity index (χ2v) is 11.5. The number of amides is 1. The summed E-state index contributed by atoms with van der Waals surface area (Å²) in [6.07, 6.45) is 1.95. The maximum absolute atomic E-state index is 13.2. The van der Waals surface area contributed by atoms with Gasteiger partial charge in [-0.15, -0.1) is 0 Å². The van der Waals surface area contributed by atoms with Crippen molar-refractivity contribution in [2.45, 2.75) is 49.0 Å². The summed E-state index contributed by atoms with van der Waals surface area (Å²) >= 11 is 0. The van der Waals surface area contributed by atoms with E-state index in [2.05, 4.69) is 21.1 Å². The summed E-state index contributed by atoms with van der Waals surface area (Å²) in [5, 5.41) is 3.02. The number of nitrogens with one attached hydrogen (secondary N) is 2. The smallest absolute Gasteiger partial charge is 0.349 e. The second kappa shape index (κ2) is 11.3. The number of aromatic nitrogens is 2. The molecule has 0 saturated heterocycles. The van der Waals surface area contributed by atoms with Gasteiger partial charge in [-0.1, -0.05) is 54.6 Å². The molecule has 11 heteroatoms. The molecule has 40 heavy (non-hydrogen) atoms. The number of carbonyl (C=O) groups excluding carboxylic acids is 1. The van der Waals surface area contributed by atoms with Crippen molar-refractivity contribution in [2.75, 3.05) is 0 Å². The number of benzene rings is 3. The minimum Gasteiger partial charge on any atom is -0.349 e. The van der Waals surface area contributed by atoms with Gasteiger partial charge in [0.15, 0.2) is 0 Å². The summed E-state index contributed by atoms with van der Waals surface area (Å²) in [6.45, 7) is 0.690. The van der Waals surface area contributed by atoms with Crippen LogP contribution in [-0.2, 0) is 34.0 Å². The van der Waals surface area contributed by atoms with Gasteiger partial charge in [0, 0.05) is 25.4 Å². The average Bonchev–Trinajstić information content (AvgIpc) is 3.58. The first-order chi connectivity index (χ1) is 19.1. The van der Waals surface area contributed by atoms with Crippen molar-refractivity contribution >= 4 is 15.9 Å². The number of hydrogen-bond acceptors (Lipinski definition) is 4. The molecule has 2 atom stereocenters. The Labute approximate surface area is 230 Å². The number of hydrogen-bond donors (Lipinski definition) is 2.